The van der Waals surface area contributed by atoms with Gasteiger partial charge in [-0.3, -0.25) is 10.2 Å². The Hall–Kier alpha value is -2.30. The lowest BCUT2D eigenvalue weighted by molar-refractivity contribution is -0.263. The van der Waals surface area contributed by atoms with Gasteiger partial charge < -0.3 is 34.9 Å². The lowest BCUT2D eigenvalue weighted by atomic mass is 10.1. The molecule has 1 aliphatic rings. The summed E-state index contributed by atoms with van der Waals surface area (Å²) in [5, 5.41) is 12.5. The molecule has 266 valence electrons. The van der Waals surface area contributed by atoms with Crippen LogP contribution in [0.2, 0.25) is 0 Å². The predicted molar refractivity (Wildman–Crippen MR) is 177 cm³/mol. The number of hydrogen-bond acceptors (Lipinski definition) is 12. The summed E-state index contributed by atoms with van der Waals surface area (Å²) in [6.07, 6.45) is 12.8. The summed E-state index contributed by atoms with van der Waals surface area (Å²) in [5.74, 6) is 0. The van der Waals surface area contributed by atoms with Crippen molar-refractivity contribution in [3.8, 4) is 0 Å². The van der Waals surface area contributed by atoms with Crippen LogP contribution in [0.3, 0.4) is 0 Å². The fourth-order valence-electron chi connectivity index (χ4n) is 2.50. The number of amides is 2. The lowest BCUT2D eigenvalue weighted by Gasteiger charge is -2.22. The number of alkyl carbamates (subject to hydrolysis) is 2. The van der Waals surface area contributed by atoms with Crippen molar-refractivity contribution in [2.24, 2.45) is 0 Å². The van der Waals surface area contributed by atoms with Crippen molar-refractivity contribution in [3.63, 3.8) is 0 Å². The minimum Gasteiger partial charge on any atom is -0.453 e. The van der Waals surface area contributed by atoms with Crippen LogP contribution in [0.15, 0.2) is 25.3 Å². The van der Waals surface area contributed by atoms with Gasteiger partial charge in [-0.05, 0) is 39.9 Å². The number of rotatable bonds is 12. The normalized spacial score (nSPS) is 12.4. The van der Waals surface area contributed by atoms with E-state index < -0.39 is 12.2 Å². The van der Waals surface area contributed by atoms with E-state index >= 15 is 0 Å². The van der Waals surface area contributed by atoms with E-state index in [2.05, 4.69) is 65.3 Å². The first kappa shape index (κ1) is 51.3. The maximum absolute atomic E-state index is 9.85. The third-order valence-corrected chi connectivity index (χ3v) is 4.72. The highest BCUT2D eigenvalue weighted by molar-refractivity contribution is 5.66. The fourth-order valence-corrected chi connectivity index (χ4v) is 2.50. The SMILES string of the molecule is C=CCOC.C=CCOOC.CCCCCNC.CNC(=O)OC.CNC(=O)OC.CNCON1CCCCCCCOC1. The summed E-state index contributed by atoms with van der Waals surface area (Å²) >= 11 is 0. The molecule has 0 aromatic heterocycles. The summed E-state index contributed by atoms with van der Waals surface area (Å²) in [5.41, 5.74) is 0. The van der Waals surface area contributed by atoms with E-state index in [0.717, 1.165) is 13.2 Å². The first-order valence-corrected chi connectivity index (χ1v) is 14.9. The average molecular weight is 642 g/mol. The van der Waals surface area contributed by atoms with Crippen molar-refractivity contribution >= 4 is 12.2 Å². The molecule has 0 saturated carbocycles. The molecule has 14 heteroatoms. The molecule has 1 aliphatic heterocycles. The van der Waals surface area contributed by atoms with Gasteiger partial charge in [0, 0.05) is 34.4 Å². The molecule has 44 heavy (non-hydrogen) atoms. The Bertz CT molecular complexity index is 521. The third-order valence-electron chi connectivity index (χ3n) is 4.72. The van der Waals surface area contributed by atoms with Gasteiger partial charge in [0.1, 0.15) is 20.1 Å². The number of unbranched alkanes of at least 4 members (excludes halogenated alkanes) is 2. The van der Waals surface area contributed by atoms with Crippen LogP contribution in [-0.4, -0.2) is 120 Å². The molecule has 0 unspecified atom stereocenters. The Kier molecular flexibility index (Phi) is 62.1. The Morgan fingerprint density at radius 1 is 0.818 bits per heavy atom. The van der Waals surface area contributed by atoms with Crippen LogP contribution in [0.5, 0.6) is 0 Å². The molecule has 0 radical (unpaired) electrons. The molecule has 0 bridgehead atoms. The molecule has 1 rings (SSSR count). The molecule has 0 aromatic carbocycles. The molecule has 1 saturated heterocycles. The standard InChI is InChI=1S/C10H22N2O2.C6H15N.C4H8O2.C4H8O.2C3H7NO2/c1-11-9-14-12-7-5-3-2-4-6-8-13-10-12;1-3-4-5-6-7-2;1-3-4-6-5-2;1-3-4-5-2;2*1-4-3(5)6-2/h11H,2-10H2,1H3;7H,3-6H2,1-2H3;3H,1,4H2,2H3;3H,1,4H2,2H3;2*1-2H3,(H,4,5). The first-order valence-electron chi connectivity index (χ1n) is 14.9. The zero-order chi connectivity index (χ0) is 34.5. The maximum atomic E-state index is 9.85. The van der Waals surface area contributed by atoms with Gasteiger partial charge >= 0.3 is 12.2 Å². The summed E-state index contributed by atoms with van der Waals surface area (Å²) in [7, 11) is 12.6. The van der Waals surface area contributed by atoms with Crippen LogP contribution in [-0.2, 0) is 33.6 Å². The molecule has 1 fully saturated rings. The minimum atomic E-state index is -0.407. The average Bonchev–Trinajstić information content (AvgIpc) is 3.06. The quantitative estimate of drug-likeness (QED) is 0.0793. The summed E-state index contributed by atoms with van der Waals surface area (Å²) in [4.78, 5) is 33.7. The van der Waals surface area contributed by atoms with Gasteiger partial charge in [-0.2, -0.15) is 5.06 Å². The van der Waals surface area contributed by atoms with E-state index in [1.165, 1.54) is 93.3 Å². The fraction of sp³-hybridized carbons (Fsp3) is 0.800. The Morgan fingerprint density at radius 3 is 1.75 bits per heavy atom. The van der Waals surface area contributed by atoms with Crippen molar-refractivity contribution in [2.45, 2.75) is 58.3 Å². The minimum absolute atomic E-state index is 0.407. The van der Waals surface area contributed by atoms with E-state index in [4.69, 9.17) is 9.57 Å². The molecule has 0 atom stereocenters. The Balaban J connectivity index is -0.000000146. The van der Waals surface area contributed by atoms with Crippen molar-refractivity contribution in [1.29, 1.82) is 0 Å². The summed E-state index contributed by atoms with van der Waals surface area (Å²) in [6.45, 7) is 14.3. The second-order valence-corrected chi connectivity index (χ2v) is 8.42. The number of hydrogen-bond donors (Lipinski definition) is 4. The molecular weight excluding hydrogens is 574 g/mol. The van der Waals surface area contributed by atoms with Crippen LogP contribution < -0.4 is 21.3 Å². The van der Waals surface area contributed by atoms with Crippen LogP contribution in [0.25, 0.3) is 0 Å². The summed E-state index contributed by atoms with van der Waals surface area (Å²) in [6, 6.07) is 0. The molecule has 14 nitrogen and oxygen atoms in total. The van der Waals surface area contributed by atoms with Gasteiger partial charge in [0.2, 0.25) is 0 Å². The molecule has 4 N–H and O–H groups in total. The highest BCUT2D eigenvalue weighted by Gasteiger charge is 2.06. The van der Waals surface area contributed by atoms with Crippen molar-refractivity contribution in [2.75, 3.05) is 103 Å². The largest absolute Gasteiger partial charge is 0.453 e. The number of ether oxygens (including phenoxy) is 4. The summed E-state index contributed by atoms with van der Waals surface area (Å²) < 4.78 is 18.4. The van der Waals surface area contributed by atoms with E-state index in [-0.39, 0.29) is 0 Å². The van der Waals surface area contributed by atoms with E-state index in [9.17, 15) is 9.59 Å². The monoisotopic (exact) mass is 641 g/mol. The Labute approximate surface area is 268 Å². The molecule has 0 spiro atoms. The maximum Gasteiger partial charge on any atom is 0.406 e. The number of nitrogens with zero attached hydrogens (tertiary/aromatic N) is 1. The van der Waals surface area contributed by atoms with E-state index in [1.807, 2.05) is 19.2 Å². The highest BCUT2D eigenvalue weighted by Crippen LogP contribution is 2.07. The second kappa shape index (κ2) is 53.3. The predicted octanol–water partition coefficient (Wildman–Crippen LogP) is 4.24. The van der Waals surface area contributed by atoms with Crippen molar-refractivity contribution in [3.05, 3.63) is 25.3 Å². The number of hydroxylamine groups is 2. The van der Waals surface area contributed by atoms with E-state index in [1.54, 1.807) is 19.3 Å². The third kappa shape index (κ3) is 63.1. The highest BCUT2D eigenvalue weighted by atomic mass is 17.2. The van der Waals surface area contributed by atoms with Crippen LogP contribution in [0.4, 0.5) is 9.59 Å². The number of methoxy groups -OCH3 is 3. The topological polar surface area (TPSA) is 150 Å². The Morgan fingerprint density at radius 2 is 1.39 bits per heavy atom. The van der Waals surface area contributed by atoms with Gasteiger partial charge in [-0.15, -0.1) is 13.2 Å². The van der Waals surface area contributed by atoms with Gasteiger partial charge in [0.05, 0.1) is 27.9 Å². The van der Waals surface area contributed by atoms with Gasteiger partial charge in [0.15, 0.2) is 0 Å². The molecule has 1 heterocycles. The van der Waals surface area contributed by atoms with Gasteiger partial charge in [-0.1, -0.05) is 51.2 Å². The van der Waals surface area contributed by atoms with Crippen LogP contribution >= 0.6 is 0 Å². The van der Waals surface area contributed by atoms with Crippen molar-refractivity contribution in [1.82, 2.24) is 26.3 Å². The second-order valence-electron chi connectivity index (χ2n) is 8.42. The number of carbonyl (C=O) groups excluding carboxylic acids is 2. The van der Waals surface area contributed by atoms with E-state index in [0.29, 0.717) is 26.7 Å². The van der Waals surface area contributed by atoms with Crippen LogP contribution in [0.1, 0.15) is 58.3 Å². The zero-order valence-electron chi connectivity index (χ0n) is 29.3. The number of nitrogens with one attached hydrogen (secondary N) is 4. The lowest BCUT2D eigenvalue weighted by Crippen LogP contribution is -2.32. The van der Waals surface area contributed by atoms with Gasteiger partial charge in [-0.25, -0.2) is 19.4 Å². The number of carbonyl (C=O) groups is 2. The molecule has 0 aromatic rings. The van der Waals surface area contributed by atoms with Gasteiger partial charge in [0.25, 0.3) is 0 Å². The smallest absolute Gasteiger partial charge is 0.406 e. The van der Waals surface area contributed by atoms with Crippen LogP contribution in [0, 0.1) is 0 Å². The molecular formula is C30H67N5O9. The molecule has 2 amide bonds. The first-order chi connectivity index (χ1) is 21.3. The molecule has 0 aliphatic carbocycles. The zero-order valence-corrected chi connectivity index (χ0v) is 29.3. The van der Waals surface area contributed by atoms with Crippen molar-refractivity contribution < 1.29 is 43.1 Å².